The molecule has 2 aromatic heterocycles. The zero-order chi connectivity index (χ0) is 27.9. The maximum absolute atomic E-state index is 13.8. The predicted molar refractivity (Wildman–Crippen MR) is 130 cm³/mol. The molecule has 0 bridgehead atoms. The molecule has 0 unspecified atom stereocenters. The standard InChI is InChI=1S/C26H16F4N2O6S/c1-39(34,35)18-8-6-14(7-9-18)22-23(33)19-4-2-3-5-20(19)37-25(22)36-13-21-31-24(38-32-21)15-10-16(26(28,29)30)12-17(27)11-15/h2-12H,13H2,1H3. The Balaban J connectivity index is 1.49. The van der Waals surface area contributed by atoms with Crippen molar-refractivity contribution in [3.8, 4) is 28.5 Å². The Labute approximate surface area is 217 Å². The van der Waals surface area contributed by atoms with Crippen molar-refractivity contribution < 1.29 is 39.7 Å². The van der Waals surface area contributed by atoms with Gasteiger partial charge in [-0.2, -0.15) is 18.2 Å². The lowest BCUT2D eigenvalue weighted by Gasteiger charge is -2.10. The number of sulfone groups is 1. The number of hydrogen-bond donors (Lipinski definition) is 0. The second-order valence-electron chi connectivity index (χ2n) is 8.42. The zero-order valence-corrected chi connectivity index (χ0v) is 20.6. The normalized spacial score (nSPS) is 12.1. The van der Waals surface area contributed by atoms with Crippen molar-refractivity contribution >= 4 is 20.8 Å². The largest absolute Gasteiger partial charge is 0.456 e. The average Bonchev–Trinajstić information content (AvgIpc) is 3.36. The third-order valence-electron chi connectivity index (χ3n) is 5.61. The maximum atomic E-state index is 13.8. The Kier molecular flexibility index (Phi) is 6.46. The first-order valence-corrected chi connectivity index (χ1v) is 13.0. The summed E-state index contributed by atoms with van der Waals surface area (Å²) in [6.45, 7) is -0.430. The molecule has 5 aromatic rings. The van der Waals surface area contributed by atoms with Crippen molar-refractivity contribution in [2.45, 2.75) is 17.7 Å². The number of hydrogen-bond acceptors (Lipinski definition) is 8. The van der Waals surface area contributed by atoms with E-state index in [1.54, 1.807) is 24.3 Å². The Morgan fingerprint density at radius 2 is 1.69 bits per heavy atom. The van der Waals surface area contributed by atoms with Crippen LogP contribution >= 0.6 is 0 Å². The molecule has 0 amide bonds. The molecule has 0 saturated heterocycles. The Morgan fingerprint density at radius 1 is 0.974 bits per heavy atom. The van der Waals surface area contributed by atoms with Gasteiger partial charge in [-0.05, 0) is 48.0 Å². The van der Waals surface area contributed by atoms with Crippen LogP contribution in [-0.2, 0) is 22.6 Å². The number of rotatable bonds is 6. The van der Waals surface area contributed by atoms with Crippen LogP contribution in [0.1, 0.15) is 11.4 Å². The van der Waals surface area contributed by atoms with E-state index in [0.29, 0.717) is 17.7 Å². The smallest absolute Gasteiger partial charge is 0.416 e. The number of aromatic nitrogens is 2. The minimum Gasteiger partial charge on any atom is -0.456 e. The van der Waals surface area contributed by atoms with Gasteiger partial charge >= 0.3 is 6.18 Å². The van der Waals surface area contributed by atoms with Crippen LogP contribution < -0.4 is 10.2 Å². The number of alkyl halides is 3. The van der Waals surface area contributed by atoms with Gasteiger partial charge < -0.3 is 13.7 Å². The molecule has 0 aliphatic heterocycles. The molecule has 5 rings (SSSR count). The van der Waals surface area contributed by atoms with Crippen molar-refractivity contribution in [2.24, 2.45) is 0 Å². The van der Waals surface area contributed by atoms with E-state index in [9.17, 15) is 30.8 Å². The third kappa shape index (κ3) is 5.39. The van der Waals surface area contributed by atoms with Crippen molar-refractivity contribution in [3.63, 3.8) is 0 Å². The molecule has 8 nitrogen and oxygen atoms in total. The van der Waals surface area contributed by atoms with Gasteiger partial charge in [0.05, 0.1) is 15.8 Å². The summed E-state index contributed by atoms with van der Waals surface area (Å²) in [4.78, 5) is 17.3. The van der Waals surface area contributed by atoms with Crippen molar-refractivity contribution in [1.82, 2.24) is 10.1 Å². The monoisotopic (exact) mass is 560 g/mol. The van der Waals surface area contributed by atoms with Crippen LogP contribution in [0.2, 0.25) is 0 Å². The molecule has 0 fully saturated rings. The molecule has 13 heteroatoms. The van der Waals surface area contributed by atoms with Crippen LogP contribution in [0.25, 0.3) is 33.6 Å². The highest BCUT2D eigenvalue weighted by molar-refractivity contribution is 7.90. The molecule has 0 saturated carbocycles. The Hall–Kier alpha value is -4.52. The number of halogens is 4. The fourth-order valence-corrected chi connectivity index (χ4v) is 4.41. The fraction of sp³-hybridized carbons (Fsp3) is 0.115. The van der Waals surface area contributed by atoms with Gasteiger partial charge in [-0.25, -0.2) is 12.8 Å². The lowest BCUT2D eigenvalue weighted by molar-refractivity contribution is -0.137. The predicted octanol–water partition coefficient (Wildman–Crippen LogP) is 5.65. The van der Waals surface area contributed by atoms with E-state index in [-0.39, 0.29) is 44.7 Å². The van der Waals surface area contributed by atoms with Crippen LogP contribution in [0.15, 0.2) is 85.4 Å². The lowest BCUT2D eigenvalue weighted by atomic mass is 10.1. The molecule has 3 aromatic carbocycles. The Morgan fingerprint density at radius 3 is 2.38 bits per heavy atom. The molecule has 0 aliphatic carbocycles. The van der Waals surface area contributed by atoms with Gasteiger partial charge in [0.2, 0.25) is 11.3 Å². The SMILES string of the molecule is CS(=O)(=O)c1ccc(-c2c(OCc3noc(-c4cc(F)cc(C(F)(F)F)c4)n3)oc3ccccc3c2=O)cc1. The van der Waals surface area contributed by atoms with Gasteiger partial charge in [-0.15, -0.1) is 0 Å². The summed E-state index contributed by atoms with van der Waals surface area (Å²) >= 11 is 0. The van der Waals surface area contributed by atoms with E-state index >= 15 is 0 Å². The van der Waals surface area contributed by atoms with Gasteiger partial charge in [0.25, 0.3) is 11.8 Å². The topological polar surface area (TPSA) is 112 Å². The second-order valence-corrected chi connectivity index (χ2v) is 10.4. The summed E-state index contributed by atoms with van der Waals surface area (Å²) in [5.41, 5.74) is -1.44. The van der Waals surface area contributed by atoms with Crippen LogP contribution in [-0.4, -0.2) is 24.8 Å². The second kappa shape index (κ2) is 9.66. The van der Waals surface area contributed by atoms with Gasteiger partial charge in [0.1, 0.15) is 17.0 Å². The number of benzene rings is 3. The van der Waals surface area contributed by atoms with Gasteiger partial charge in [0, 0.05) is 11.8 Å². The van der Waals surface area contributed by atoms with Crippen molar-refractivity contribution in [1.29, 1.82) is 0 Å². The first-order chi connectivity index (χ1) is 18.4. The first-order valence-electron chi connectivity index (χ1n) is 11.1. The molecule has 0 radical (unpaired) electrons. The first kappa shape index (κ1) is 26.1. The summed E-state index contributed by atoms with van der Waals surface area (Å²) < 4.78 is 93.1. The average molecular weight is 560 g/mol. The summed E-state index contributed by atoms with van der Waals surface area (Å²) in [6.07, 6.45) is -3.74. The van der Waals surface area contributed by atoms with Gasteiger partial charge in [-0.3, -0.25) is 4.79 Å². The summed E-state index contributed by atoms with van der Waals surface area (Å²) in [5, 5.41) is 3.90. The number of fused-ring (bicyclic) bond motifs is 1. The number of para-hydroxylation sites is 1. The quantitative estimate of drug-likeness (QED) is 0.245. The minimum absolute atomic E-state index is 0.00239. The number of ether oxygens (including phenoxy) is 1. The molecule has 0 spiro atoms. The molecule has 2 heterocycles. The van der Waals surface area contributed by atoms with Crippen LogP contribution in [0.3, 0.4) is 0 Å². The molecule has 39 heavy (non-hydrogen) atoms. The summed E-state index contributed by atoms with van der Waals surface area (Å²) in [7, 11) is -3.48. The van der Waals surface area contributed by atoms with E-state index < -0.39 is 39.4 Å². The fourth-order valence-electron chi connectivity index (χ4n) is 3.78. The highest BCUT2D eigenvalue weighted by Gasteiger charge is 2.32. The van der Waals surface area contributed by atoms with Crippen LogP contribution in [0.5, 0.6) is 5.95 Å². The maximum Gasteiger partial charge on any atom is 0.416 e. The lowest BCUT2D eigenvalue weighted by Crippen LogP contribution is -2.09. The van der Waals surface area contributed by atoms with E-state index in [2.05, 4.69) is 10.1 Å². The molecule has 200 valence electrons. The van der Waals surface area contributed by atoms with Crippen molar-refractivity contribution in [3.05, 3.63) is 94.2 Å². The molecular weight excluding hydrogens is 544 g/mol. The highest BCUT2D eigenvalue weighted by atomic mass is 32.2. The zero-order valence-electron chi connectivity index (χ0n) is 19.8. The van der Waals surface area contributed by atoms with E-state index in [1.807, 2.05) is 0 Å². The molecular formula is C26H16F4N2O6S. The van der Waals surface area contributed by atoms with Gasteiger partial charge in [-0.1, -0.05) is 29.4 Å². The van der Waals surface area contributed by atoms with Crippen LogP contribution in [0.4, 0.5) is 17.6 Å². The number of nitrogens with zero attached hydrogens (tertiary/aromatic N) is 2. The molecule has 0 atom stereocenters. The van der Waals surface area contributed by atoms with Gasteiger partial charge in [0.15, 0.2) is 16.4 Å². The minimum atomic E-state index is -4.79. The van der Waals surface area contributed by atoms with Crippen LogP contribution in [0, 0.1) is 5.82 Å². The van der Waals surface area contributed by atoms with Crippen molar-refractivity contribution in [2.75, 3.05) is 6.26 Å². The summed E-state index contributed by atoms with van der Waals surface area (Å²) in [5.74, 6) is -1.88. The third-order valence-corrected chi connectivity index (χ3v) is 6.74. The van der Waals surface area contributed by atoms with E-state index in [1.165, 1.54) is 24.3 Å². The van der Waals surface area contributed by atoms with E-state index in [0.717, 1.165) is 12.3 Å². The Bertz CT molecular complexity index is 1860. The molecule has 0 N–H and O–H groups in total. The van der Waals surface area contributed by atoms with E-state index in [4.69, 9.17) is 13.7 Å². The molecule has 0 aliphatic rings. The highest BCUT2D eigenvalue weighted by Crippen LogP contribution is 2.34. The summed E-state index contributed by atoms with van der Waals surface area (Å²) in [6, 6.07) is 13.8.